The van der Waals surface area contributed by atoms with E-state index in [2.05, 4.69) is 0 Å². The van der Waals surface area contributed by atoms with Gasteiger partial charge in [0.2, 0.25) is 5.75 Å². The second-order valence-corrected chi connectivity index (χ2v) is 10.0. The lowest BCUT2D eigenvalue weighted by molar-refractivity contribution is 0.106. The van der Waals surface area contributed by atoms with E-state index in [1.165, 1.54) is 0 Å². The number of benzene rings is 2. The van der Waals surface area contributed by atoms with Gasteiger partial charge in [-0.3, -0.25) is 4.79 Å². The summed E-state index contributed by atoms with van der Waals surface area (Å²) in [5.74, 6) is 1.48. The maximum Gasteiger partial charge on any atom is 0.203 e. The molecule has 4 nitrogen and oxygen atoms in total. The van der Waals surface area contributed by atoms with Crippen molar-refractivity contribution in [2.24, 2.45) is 0 Å². The first kappa shape index (κ1) is 17.1. The van der Waals surface area contributed by atoms with Crippen LogP contribution in [0.15, 0.2) is 42.5 Å². The summed E-state index contributed by atoms with van der Waals surface area (Å²) in [6.07, 6.45) is 0. The second-order valence-electron chi connectivity index (χ2n) is 5.73. The highest BCUT2D eigenvalue weighted by Gasteiger charge is 2.34. The molecule has 2 aromatic carbocycles. The van der Waals surface area contributed by atoms with E-state index in [-0.39, 0.29) is 5.41 Å². The van der Waals surface area contributed by atoms with E-state index in [9.17, 15) is 4.79 Å². The highest BCUT2D eigenvalue weighted by atomic mass is 28.3. The Morgan fingerprint density at radius 1 is 0.870 bits per heavy atom. The number of methoxy groups -OCH3 is 3. The first-order chi connectivity index (χ1) is 11.0. The van der Waals surface area contributed by atoms with E-state index in [1.54, 1.807) is 33.5 Å². The molecule has 0 bridgehead atoms. The molecule has 0 aliphatic heterocycles. The number of hydrogen-bond acceptors (Lipinski definition) is 4. The summed E-state index contributed by atoms with van der Waals surface area (Å²) >= 11 is 0. The molecule has 2 aromatic rings. The molecule has 0 saturated heterocycles. The van der Waals surface area contributed by atoms with Crippen molar-refractivity contribution in [2.75, 3.05) is 21.3 Å². The van der Waals surface area contributed by atoms with Crippen molar-refractivity contribution in [3.63, 3.8) is 0 Å². The van der Waals surface area contributed by atoms with Crippen LogP contribution in [0.4, 0.5) is 0 Å². The smallest absolute Gasteiger partial charge is 0.203 e. The van der Waals surface area contributed by atoms with Gasteiger partial charge >= 0.3 is 0 Å². The molecule has 23 heavy (non-hydrogen) atoms. The summed E-state index contributed by atoms with van der Waals surface area (Å²) < 4.78 is 16.0. The summed E-state index contributed by atoms with van der Waals surface area (Å²) in [7, 11) is 2.33. The molecule has 2 rings (SSSR count). The molecule has 0 heterocycles. The zero-order valence-corrected chi connectivity index (χ0v) is 15.2. The van der Waals surface area contributed by atoms with Gasteiger partial charge in [-0.15, -0.1) is 0 Å². The van der Waals surface area contributed by atoms with Gasteiger partial charge in [0.15, 0.2) is 19.6 Å². The van der Waals surface area contributed by atoms with Crippen LogP contribution in [0.2, 0.25) is 13.1 Å². The van der Waals surface area contributed by atoms with E-state index in [4.69, 9.17) is 14.2 Å². The van der Waals surface area contributed by atoms with Gasteiger partial charge in [0.25, 0.3) is 0 Å². The van der Waals surface area contributed by atoms with E-state index in [0.717, 1.165) is 5.19 Å². The fourth-order valence-corrected chi connectivity index (χ4v) is 4.71. The molecule has 122 valence electrons. The quantitative estimate of drug-likeness (QED) is 0.764. The van der Waals surface area contributed by atoms with Crippen LogP contribution in [0.3, 0.4) is 0 Å². The molecule has 0 aliphatic carbocycles. The van der Waals surface area contributed by atoms with Gasteiger partial charge in [-0.05, 0) is 12.1 Å². The molecule has 0 radical (unpaired) electrons. The number of ether oxygens (including phenoxy) is 3. The second kappa shape index (κ2) is 6.87. The van der Waals surface area contributed by atoms with Crippen LogP contribution in [0.5, 0.6) is 17.2 Å². The van der Waals surface area contributed by atoms with Gasteiger partial charge in [-0.2, -0.15) is 0 Å². The molecule has 0 saturated carbocycles. The number of hydrogen-bond donors (Lipinski definition) is 0. The number of carbonyl (C=O) groups is 1. The largest absolute Gasteiger partial charge is 0.493 e. The minimum absolute atomic E-state index is 0.128. The van der Waals surface area contributed by atoms with Crippen molar-refractivity contribution >= 4 is 18.7 Å². The van der Waals surface area contributed by atoms with Gasteiger partial charge in [0.05, 0.1) is 21.3 Å². The Labute approximate surface area is 138 Å². The summed E-state index contributed by atoms with van der Waals surface area (Å²) in [6.45, 7) is 4.10. The van der Waals surface area contributed by atoms with Crippen molar-refractivity contribution in [2.45, 2.75) is 13.1 Å². The third-order valence-electron chi connectivity index (χ3n) is 3.99. The highest BCUT2D eigenvalue weighted by Crippen LogP contribution is 2.38. The number of rotatable bonds is 6. The number of carbonyl (C=O) groups excluding carboxylic acids is 1. The van der Waals surface area contributed by atoms with E-state index >= 15 is 0 Å². The zero-order valence-electron chi connectivity index (χ0n) is 14.2. The average Bonchev–Trinajstić information content (AvgIpc) is 2.60. The molecule has 0 unspecified atom stereocenters. The lowest BCUT2D eigenvalue weighted by Gasteiger charge is -2.22. The van der Waals surface area contributed by atoms with Crippen LogP contribution in [0.1, 0.15) is 10.4 Å². The van der Waals surface area contributed by atoms with Crippen LogP contribution in [-0.2, 0) is 0 Å². The molecule has 5 heteroatoms. The summed E-state index contributed by atoms with van der Waals surface area (Å²) in [4.78, 5) is 13.1. The minimum atomic E-state index is -2.31. The van der Waals surface area contributed by atoms with Gasteiger partial charge in [-0.25, -0.2) is 0 Å². The van der Waals surface area contributed by atoms with Gasteiger partial charge in [0, 0.05) is 5.56 Å². The Morgan fingerprint density at radius 3 is 1.83 bits per heavy atom. The zero-order chi connectivity index (χ0) is 17.0. The predicted octanol–water partition coefficient (Wildman–Crippen LogP) is 3.05. The molecule has 0 spiro atoms. The fraction of sp³-hybridized carbons (Fsp3) is 0.278. The minimum Gasteiger partial charge on any atom is -0.493 e. The summed E-state index contributed by atoms with van der Waals surface area (Å²) in [6, 6.07) is 13.4. The maximum atomic E-state index is 13.1. The van der Waals surface area contributed by atoms with Crippen LogP contribution in [0.25, 0.3) is 0 Å². The molecule has 0 aromatic heterocycles. The van der Waals surface area contributed by atoms with Crippen molar-refractivity contribution in [3.8, 4) is 17.2 Å². The highest BCUT2D eigenvalue weighted by molar-refractivity contribution is 7.14. The summed E-state index contributed by atoms with van der Waals surface area (Å²) in [5, 5.41) is 1.22. The van der Waals surface area contributed by atoms with Crippen molar-refractivity contribution < 1.29 is 19.0 Å². The molecular formula is C18H22O4Si. The van der Waals surface area contributed by atoms with Crippen LogP contribution < -0.4 is 19.4 Å². The molecule has 0 amide bonds. The fourth-order valence-electron chi connectivity index (χ4n) is 2.56. The topological polar surface area (TPSA) is 44.8 Å². The van der Waals surface area contributed by atoms with Crippen LogP contribution >= 0.6 is 0 Å². The third kappa shape index (κ3) is 3.24. The Morgan fingerprint density at radius 2 is 1.39 bits per heavy atom. The molecule has 0 aliphatic rings. The lowest BCUT2D eigenvalue weighted by atomic mass is 10.2. The lowest BCUT2D eigenvalue weighted by Crippen LogP contribution is -2.49. The first-order valence-corrected chi connectivity index (χ1v) is 10.4. The molecule has 0 N–H and O–H groups in total. The predicted molar refractivity (Wildman–Crippen MR) is 94.0 cm³/mol. The first-order valence-electron chi connectivity index (χ1n) is 7.36. The molecule has 0 fully saturated rings. The van der Waals surface area contributed by atoms with Gasteiger partial charge in [-0.1, -0.05) is 48.6 Å². The van der Waals surface area contributed by atoms with Gasteiger partial charge < -0.3 is 14.2 Å². The monoisotopic (exact) mass is 330 g/mol. The Kier molecular flexibility index (Phi) is 5.11. The molecular weight excluding hydrogens is 308 g/mol. The Bertz CT molecular complexity index is 670. The van der Waals surface area contributed by atoms with E-state index in [0.29, 0.717) is 22.8 Å². The van der Waals surface area contributed by atoms with Crippen molar-refractivity contribution in [1.82, 2.24) is 0 Å². The van der Waals surface area contributed by atoms with Crippen LogP contribution in [0, 0.1) is 0 Å². The normalized spacial score (nSPS) is 11.0. The Balaban J connectivity index is 2.51. The average molecular weight is 330 g/mol. The summed E-state index contributed by atoms with van der Waals surface area (Å²) in [5.41, 5.74) is 0.583. The van der Waals surface area contributed by atoms with Gasteiger partial charge in [0.1, 0.15) is 5.41 Å². The maximum absolute atomic E-state index is 13.1. The van der Waals surface area contributed by atoms with Crippen molar-refractivity contribution in [3.05, 3.63) is 48.0 Å². The van der Waals surface area contributed by atoms with Crippen LogP contribution in [-0.4, -0.2) is 34.8 Å². The molecule has 0 atom stereocenters. The SMILES string of the molecule is COc1cc(C(=O)[Si](C)(C)c2ccccc2)cc(OC)c1OC. The van der Waals surface area contributed by atoms with Crippen molar-refractivity contribution in [1.29, 1.82) is 0 Å². The van der Waals surface area contributed by atoms with E-state index < -0.39 is 8.07 Å². The third-order valence-corrected chi connectivity index (χ3v) is 7.19. The Hall–Kier alpha value is -2.27. The van der Waals surface area contributed by atoms with E-state index in [1.807, 2.05) is 43.4 Å². The standard InChI is InChI=1S/C18H22O4Si/c1-20-15-11-13(12-16(21-2)17(15)22-3)18(19)23(4,5)14-9-7-6-8-10-14/h6-12H,1-5H3.